The Morgan fingerprint density at radius 1 is 1.33 bits per heavy atom. The van der Waals surface area contributed by atoms with Crippen LogP contribution in [0.1, 0.15) is 26.8 Å². The van der Waals surface area contributed by atoms with Gasteiger partial charge >= 0.3 is 5.69 Å². The minimum absolute atomic E-state index is 0.132. The molecule has 0 aromatic carbocycles. The average Bonchev–Trinajstić information content (AvgIpc) is 2.30. The SMILES string of the molecule is CC(C)C(C)n1c(=O)[nH][nH]c1=S. The topological polar surface area (TPSA) is 53.6 Å². The number of aromatic nitrogens is 3. The van der Waals surface area contributed by atoms with Gasteiger partial charge in [-0.25, -0.2) is 9.89 Å². The third-order valence-electron chi connectivity index (χ3n) is 2.09. The Kier molecular flexibility index (Phi) is 2.52. The minimum Gasteiger partial charge on any atom is -0.272 e. The van der Waals surface area contributed by atoms with Gasteiger partial charge in [0.2, 0.25) is 0 Å². The predicted octanol–water partition coefficient (Wildman–Crippen LogP) is 1.45. The molecule has 12 heavy (non-hydrogen) atoms. The molecule has 0 spiro atoms. The fraction of sp³-hybridized carbons (Fsp3) is 0.714. The second kappa shape index (κ2) is 3.26. The number of aromatic amines is 2. The molecule has 1 heterocycles. The molecule has 0 saturated heterocycles. The summed E-state index contributed by atoms with van der Waals surface area (Å²) in [7, 11) is 0. The first-order valence-corrected chi connectivity index (χ1v) is 4.34. The number of rotatable bonds is 2. The van der Waals surface area contributed by atoms with Crippen LogP contribution in [0.5, 0.6) is 0 Å². The van der Waals surface area contributed by atoms with Gasteiger partial charge < -0.3 is 0 Å². The summed E-state index contributed by atoms with van der Waals surface area (Å²) in [5.41, 5.74) is -0.166. The van der Waals surface area contributed by atoms with Crippen LogP contribution in [0.25, 0.3) is 0 Å². The van der Waals surface area contributed by atoms with Gasteiger partial charge in [0.15, 0.2) is 4.77 Å². The van der Waals surface area contributed by atoms with Crippen molar-refractivity contribution >= 4 is 12.2 Å². The first-order chi connectivity index (χ1) is 5.54. The number of hydrogen-bond donors (Lipinski definition) is 2. The van der Waals surface area contributed by atoms with E-state index in [1.807, 2.05) is 6.92 Å². The van der Waals surface area contributed by atoms with E-state index in [0.29, 0.717) is 10.7 Å². The monoisotopic (exact) mass is 187 g/mol. The highest BCUT2D eigenvalue weighted by atomic mass is 32.1. The van der Waals surface area contributed by atoms with Crippen molar-refractivity contribution in [1.82, 2.24) is 14.8 Å². The highest BCUT2D eigenvalue weighted by molar-refractivity contribution is 7.71. The molecule has 1 unspecified atom stereocenters. The van der Waals surface area contributed by atoms with Gasteiger partial charge in [-0.1, -0.05) is 13.8 Å². The number of nitrogens with one attached hydrogen (secondary N) is 2. The summed E-state index contributed by atoms with van der Waals surface area (Å²) in [4.78, 5) is 11.2. The van der Waals surface area contributed by atoms with Gasteiger partial charge in [-0.15, -0.1) is 0 Å². The Hall–Kier alpha value is -0.840. The molecule has 1 aromatic rings. The lowest BCUT2D eigenvalue weighted by Gasteiger charge is -2.14. The second-order valence-corrected chi connectivity index (χ2v) is 3.60. The number of hydrogen-bond acceptors (Lipinski definition) is 2. The molecule has 0 aliphatic carbocycles. The molecule has 0 saturated carbocycles. The maximum Gasteiger partial charge on any atom is 0.342 e. The van der Waals surface area contributed by atoms with Crippen LogP contribution in [-0.2, 0) is 0 Å². The van der Waals surface area contributed by atoms with Crippen molar-refractivity contribution in [2.75, 3.05) is 0 Å². The van der Waals surface area contributed by atoms with Crippen LogP contribution >= 0.6 is 12.2 Å². The van der Waals surface area contributed by atoms with Crippen LogP contribution in [0.15, 0.2) is 4.79 Å². The highest BCUT2D eigenvalue weighted by Crippen LogP contribution is 2.13. The summed E-state index contributed by atoms with van der Waals surface area (Å²) in [6.45, 7) is 6.08. The zero-order valence-electron chi connectivity index (χ0n) is 7.42. The first kappa shape index (κ1) is 9.25. The standard InChI is InChI=1S/C7H13N3OS/c1-4(2)5(3)10-6(11)8-9-7(10)12/h4-5H,1-3H3,(H,8,11)(H,9,12). The summed E-state index contributed by atoms with van der Waals surface area (Å²) >= 11 is 4.94. The summed E-state index contributed by atoms with van der Waals surface area (Å²) in [5.74, 6) is 0.397. The van der Waals surface area contributed by atoms with Crippen molar-refractivity contribution in [2.24, 2.45) is 5.92 Å². The highest BCUT2D eigenvalue weighted by Gasteiger charge is 2.12. The van der Waals surface area contributed by atoms with Crippen molar-refractivity contribution in [3.8, 4) is 0 Å². The van der Waals surface area contributed by atoms with Crippen LogP contribution < -0.4 is 5.69 Å². The van der Waals surface area contributed by atoms with E-state index in [-0.39, 0.29) is 11.7 Å². The van der Waals surface area contributed by atoms with Crippen molar-refractivity contribution in [2.45, 2.75) is 26.8 Å². The van der Waals surface area contributed by atoms with E-state index in [1.165, 1.54) is 0 Å². The van der Waals surface area contributed by atoms with Gasteiger partial charge in [-0.3, -0.25) is 9.67 Å². The van der Waals surface area contributed by atoms with Gasteiger partial charge in [0.25, 0.3) is 0 Å². The van der Waals surface area contributed by atoms with E-state index >= 15 is 0 Å². The van der Waals surface area contributed by atoms with Gasteiger partial charge in [0, 0.05) is 6.04 Å². The zero-order valence-corrected chi connectivity index (χ0v) is 8.23. The fourth-order valence-electron chi connectivity index (χ4n) is 0.988. The smallest absolute Gasteiger partial charge is 0.272 e. The number of H-pyrrole nitrogens is 2. The molecule has 1 aromatic heterocycles. The van der Waals surface area contributed by atoms with Crippen LogP contribution in [-0.4, -0.2) is 14.8 Å². The van der Waals surface area contributed by atoms with Gasteiger partial charge in [0.1, 0.15) is 0 Å². The average molecular weight is 187 g/mol. The molecule has 0 fully saturated rings. The Balaban J connectivity index is 3.18. The van der Waals surface area contributed by atoms with Crippen molar-refractivity contribution in [3.05, 3.63) is 15.3 Å². The molecule has 0 aliphatic heterocycles. The molecule has 1 atom stereocenters. The molecule has 0 bridgehead atoms. The van der Waals surface area contributed by atoms with Gasteiger partial charge in [0.05, 0.1) is 0 Å². The third-order valence-corrected chi connectivity index (χ3v) is 2.38. The molecule has 0 amide bonds. The van der Waals surface area contributed by atoms with E-state index in [4.69, 9.17) is 12.2 Å². The van der Waals surface area contributed by atoms with Crippen LogP contribution in [0.4, 0.5) is 0 Å². The van der Waals surface area contributed by atoms with Crippen molar-refractivity contribution < 1.29 is 0 Å². The van der Waals surface area contributed by atoms with Crippen LogP contribution in [0.3, 0.4) is 0 Å². The molecule has 5 heteroatoms. The largest absolute Gasteiger partial charge is 0.342 e. The lowest BCUT2D eigenvalue weighted by molar-refractivity contribution is 0.395. The van der Waals surface area contributed by atoms with Gasteiger partial charge in [-0.2, -0.15) is 0 Å². The van der Waals surface area contributed by atoms with Crippen LogP contribution in [0, 0.1) is 10.7 Å². The maximum absolute atomic E-state index is 11.2. The summed E-state index contributed by atoms with van der Waals surface area (Å²) in [6, 6.07) is 0.132. The second-order valence-electron chi connectivity index (χ2n) is 3.21. The molecule has 68 valence electrons. The molecule has 2 N–H and O–H groups in total. The van der Waals surface area contributed by atoms with E-state index in [1.54, 1.807) is 4.57 Å². The first-order valence-electron chi connectivity index (χ1n) is 3.93. The van der Waals surface area contributed by atoms with Gasteiger partial charge in [-0.05, 0) is 25.1 Å². The Bertz CT molecular complexity index is 332. The normalized spacial score (nSPS) is 13.7. The molecule has 0 aliphatic rings. The molecular formula is C7H13N3OS. The Morgan fingerprint density at radius 3 is 2.25 bits per heavy atom. The lowest BCUT2D eigenvalue weighted by Crippen LogP contribution is -2.23. The summed E-state index contributed by atoms with van der Waals surface area (Å²) in [5, 5.41) is 5.06. The fourth-order valence-corrected chi connectivity index (χ4v) is 1.29. The number of nitrogens with zero attached hydrogens (tertiary/aromatic N) is 1. The Labute approximate surface area is 75.6 Å². The Morgan fingerprint density at radius 2 is 1.92 bits per heavy atom. The molecule has 4 nitrogen and oxygen atoms in total. The predicted molar refractivity (Wildman–Crippen MR) is 49.8 cm³/mol. The lowest BCUT2D eigenvalue weighted by atomic mass is 10.1. The maximum atomic E-state index is 11.2. The van der Waals surface area contributed by atoms with Crippen molar-refractivity contribution in [1.29, 1.82) is 0 Å². The van der Waals surface area contributed by atoms with Crippen molar-refractivity contribution in [3.63, 3.8) is 0 Å². The molecular weight excluding hydrogens is 174 g/mol. The van der Waals surface area contributed by atoms with E-state index in [2.05, 4.69) is 24.0 Å². The van der Waals surface area contributed by atoms with E-state index in [9.17, 15) is 4.79 Å². The third kappa shape index (κ3) is 1.50. The zero-order chi connectivity index (χ0) is 9.30. The molecule has 1 rings (SSSR count). The quantitative estimate of drug-likeness (QED) is 0.688. The summed E-state index contributed by atoms with van der Waals surface area (Å²) in [6.07, 6.45) is 0. The van der Waals surface area contributed by atoms with Crippen LogP contribution in [0.2, 0.25) is 0 Å². The minimum atomic E-state index is -0.166. The molecule has 0 radical (unpaired) electrons. The summed E-state index contributed by atoms with van der Waals surface area (Å²) < 4.78 is 2.01. The van der Waals surface area contributed by atoms with E-state index < -0.39 is 0 Å². The van der Waals surface area contributed by atoms with E-state index in [0.717, 1.165) is 0 Å².